The van der Waals surface area contributed by atoms with Gasteiger partial charge in [0.2, 0.25) is 0 Å². The Bertz CT molecular complexity index is 1370. The molecular weight excluding hydrogens is 500 g/mol. The number of nitrogens with one attached hydrogen (secondary N) is 2. The van der Waals surface area contributed by atoms with Crippen LogP contribution in [0.1, 0.15) is 23.7 Å². The molecule has 2 heterocycles. The Hall–Kier alpha value is -4.49. The summed E-state index contributed by atoms with van der Waals surface area (Å²) in [7, 11) is 10.1. The number of nitrogens with zero attached hydrogens (tertiary/aromatic N) is 7. The fourth-order valence-electron chi connectivity index (χ4n) is 4.68. The van der Waals surface area contributed by atoms with E-state index in [0.717, 1.165) is 65.8 Å². The number of allylic oxidation sites excluding steroid dienone is 2. The van der Waals surface area contributed by atoms with Gasteiger partial charge in [-0.3, -0.25) is 9.98 Å². The van der Waals surface area contributed by atoms with Crippen molar-refractivity contribution in [3.63, 3.8) is 0 Å². The number of nitrogen functional groups attached to an aromatic ring is 1. The zero-order chi connectivity index (χ0) is 29.4. The summed E-state index contributed by atoms with van der Waals surface area (Å²) in [6.07, 6.45) is 7.52. The lowest BCUT2D eigenvalue weighted by atomic mass is 9.99. The van der Waals surface area contributed by atoms with Crippen molar-refractivity contribution in [1.29, 1.82) is 5.26 Å². The lowest BCUT2D eigenvalue weighted by Crippen LogP contribution is -2.29. The van der Waals surface area contributed by atoms with Crippen LogP contribution in [-0.2, 0) is 6.54 Å². The number of aromatic nitrogens is 1. The van der Waals surface area contributed by atoms with Gasteiger partial charge in [-0.25, -0.2) is 0 Å². The van der Waals surface area contributed by atoms with E-state index < -0.39 is 0 Å². The molecule has 0 saturated heterocycles. The third kappa shape index (κ3) is 6.55. The van der Waals surface area contributed by atoms with Crippen LogP contribution in [0.2, 0.25) is 0 Å². The van der Waals surface area contributed by atoms with Crippen LogP contribution in [0.15, 0.2) is 52.7 Å². The number of hydrogen-bond acceptors (Lipinski definition) is 9. The van der Waals surface area contributed by atoms with E-state index in [4.69, 9.17) is 10.7 Å². The van der Waals surface area contributed by atoms with Gasteiger partial charge in [-0.1, -0.05) is 18.7 Å². The molecule has 1 aromatic heterocycles. The number of hydrogen-bond donors (Lipinski definition) is 3. The SMILES string of the molecule is C=N/C=C(C#N)\C(=N/CNc1cc(N)c(N(C)CCN(C)C)cc1NC)c1cn2c(c1/C=C\C)C(=C)N(C)CC2. The van der Waals surface area contributed by atoms with Crippen LogP contribution in [0.3, 0.4) is 0 Å². The smallest absolute Gasteiger partial charge is 0.108 e. The third-order valence-electron chi connectivity index (χ3n) is 6.95. The Balaban J connectivity index is 2.01. The highest BCUT2D eigenvalue weighted by Crippen LogP contribution is 2.34. The van der Waals surface area contributed by atoms with E-state index in [1.807, 2.05) is 58.5 Å². The minimum Gasteiger partial charge on any atom is -0.397 e. The first-order valence-corrected chi connectivity index (χ1v) is 13.2. The summed E-state index contributed by atoms with van der Waals surface area (Å²) in [6.45, 7) is 13.5. The predicted molar refractivity (Wildman–Crippen MR) is 171 cm³/mol. The van der Waals surface area contributed by atoms with Crippen LogP contribution in [0.5, 0.6) is 0 Å². The molecule has 0 unspecified atom stereocenters. The molecule has 3 rings (SSSR count). The maximum atomic E-state index is 10.0. The van der Waals surface area contributed by atoms with Crippen molar-refractivity contribution in [3.8, 4) is 6.07 Å². The average Bonchev–Trinajstić information content (AvgIpc) is 3.29. The molecule has 2 aromatic rings. The van der Waals surface area contributed by atoms with Crippen molar-refractivity contribution in [2.45, 2.75) is 13.5 Å². The summed E-state index contributed by atoms with van der Waals surface area (Å²) in [5, 5.41) is 16.6. The maximum Gasteiger partial charge on any atom is 0.108 e. The summed E-state index contributed by atoms with van der Waals surface area (Å²) in [5.41, 5.74) is 14.4. The summed E-state index contributed by atoms with van der Waals surface area (Å²) < 4.78 is 2.18. The van der Waals surface area contributed by atoms with Crippen molar-refractivity contribution >= 4 is 47.0 Å². The summed E-state index contributed by atoms with van der Waals surface area (Å²) in [4.78, 5) is 15.2. The van der Waals surface area contributed by atoms with Gasteiger partial charge in [-0.15, -0.1) is 0 Å². The van der Waals surface area contributed by atoms with E-state index in [1.54, 1.807) is 0 Å². The summed E-state index contributed by atoms with van der Waals surface area (Å²) in [6, 6.07) is 6.20. The van der Waals surface area contributed by atoms with Crippen LogP contribution < -0.4 is 21.3 Å². The van der Waals surface area contributed by atoms with E-state index >= 15 is 0 Å². The van der Waals surface area contributed by atoms with Crippen molar-refractivity contribution < 1.29 is 0 Å². The van der Waals surface area contributed by atoms with Crippen molar-refractivity contribution in [2.75, 3.05) is 82.8 Å². The lowest BCUT2D eigenvalue weighted by molar-refractivity contribution is 0.412. The molecular formula is C30H42N10. The number of aliphatic imine (C=N–C) groups is 2. The van der Waals surface area contributed by atoms with E-state index in [2.05, 4.69) is 68.4 Å². The number of nitrogens with two attached hydrogens (primary N) is 1. The third-order valence-corrected chi connectivity index (χ3v) is 6.95. The fourth-order valence-corrected chi connectivity index (χ4v) is 4.68. The van der Waals surface area contributed by atoms with E-state index in [1.165, 1.54) is 6.20 Å². The Morgan fingerprint density at radius 3 is 2.60 bits per heavy atom. The van der Waals surface area contributed by atoms with E-state index in [0.29, 0.717) is 17.0 Å². The van der Waals surface area contributed by atoms with Gasteiger partial charge in [0.15, 0.2) is 0 Å². The highest BCUT2D eigenvalue weighted by atomic mass is 15.2. The molecule has 212 valence electrons. The molecule has 0 amide bonds. The largest absolute Gasteiger partial charge is 0.397 e. The molecule has 10 nitrogen and oxygen atoms in total. The second-order valence-electron chi connectivity index (χ2n) is 9.98. The molecule has 4 N–H and O–H groups in total. The van der Waals surface area contributed by atoms with Gasteiger partial charge in [-0.05, 0) is 39.9 Å². The second kappa shape index (κ2) is 13.5. The molecule has 0 fully saturated rings. The van der Waals surface area contributed by atoms with Gasteiger partial charge in [0.25, 0.3) is 0 Å². The molecule has 0 saturated carbocycles. The molecule has 0 spiro atoms. The van der Waals surface area contributed by atoms with Crippen molar-refractivity contribution in [3.05, 3.63) is 59.6 Å². The molecule has 40 heavy (non-hydrogen) atoms. The Labute approximate surface area is 238 Å². The molecule has 0 radical (unpaired) electrons. The number of fused-ring (bicyclic) bond motifs is 1. The van der Waals surface area contributed by atoms with Crippen molar-refractivity contribution in [1.82, 2.24) is 14.4 Å². The minimum absolute atomic E-state index is 0.214. The monoisotopic (exact) mass is 542 g/mol. The molecule has 0 atom stereocenters. The number of rotatable bonds is 12. The van der Waals surface area contributed by atoms with Gasteiger partial charge in [-0.2, -0.15) is 5.26 Å². The molecule has 1 aliphatic rings. The number of nitriles is 1. The maximum absolute atomic E-state index is 10.0. The summed E-state index contributed by atoms with van der Waals surface area (Å²) >= 11 is 0. The predicted octanol–water partition coefficient (Wildman–Crippen LogP) is 4.03. The molecule has 10 heteroatoms. The number of benzene rings is 1. The molecule has 0 bridgehead atoms. The standard InChI is InChI=1S/C30H42N10/c1-9-10-23-24(19-40-14-13-38(7)21(2)30(23)40)29(22(17-31)18-33-3)36-20-35-27-15-25(32)28(16-26(27)34-4)39(8)12-11-37(5)6/h9-10,15-16,18-19,34-35H,2-3,11-14,20,32H2,1,4-8H3/b10-9-,22-18-,36-29+. The average molecular weight is 543 g/mol. The van der Waals surface area contributed by atoms with E-state index in [9.17, 15) is 5.26 Å². The normalized spacial score (nSPS) is 13.9. The first kappa shape index (κ1) is 30.1. The van der Waals surface area contributed by atoms with Gasteiger partial charge in [0.1, 0.15) is 12.7 Å². The fraction of sp³-hybridized carbons (Fsp3) is 0.367. The highest BCUT2D eigenvalue weighted by Gasteiger charge is 2.26. The minimum atomic E-state index is 0.214. The van der Waals surface area contributed by atoms with Crippen LogP contribution >= 0.6 is 0 Å². The van der Waals surface area contributed by atoms with Crippen LogP contribution in [0.4, 0.5) is 22.7 Å². The molecule has 1 aromatic carbocycles. The molecule has 0 aliphatic carbocycles. The molecule has 1 aliphatic heterocycles. The second-order valence-corrected chi connectivity index (χ2v) is 9.98. The summed E-state index contributed by atoms with van der Waals surface area (Å²) in [5.74, 6) is 0. The Morgan fingerprint density at radius 2 is 1.98 bits per heavy atom. The van der Waals surface area contributed by atoms with E-state index in [-0.39, 0.29) is 6.67 Å². The number of anilines is 4. The highest BCUT2D eigenvalue weighted by molar-refractivity contribution is 6.17. The van der Waals surface area contributed by atoms with Crippen molar-refractivity contribution in [2.24, 2.45) is 9.98 Å². The first-order valence-electron chi connectivity index (χ1n) is 13.2. The first-order chi connectivity index (χ1) is 19.2. The Morgan fingerprint density at radius 1 is 1.23 bits per heavy atom. The van der Waals surface area contributed by atoms with Crippen LogP contribution in [0.25, 0.3) is 11.8 Å². The van der Waals surface area contributed by atoms with Gasteiger partial charge >= 0.3 is 0 Å². The quantitative estimate of drug-likeness (QED) is 0.211. The lowest BCUT2D eigenvalue weighted by Gasteiger charge is -2.29. The zero-order valence-corrected chi connectivity index (χ0v) is 24.6. The van der Waals surface area contributed by atoms with Crippen LogP contribution in [-0.4, -0.2) is 88.3 Å². The van der Waals surface area contributed by atoms with Gasteiger partial charge < -0.3 is 35.6 Å². The van der Waals surface area contributed by atoms with Gasteiger partial charge in [0, 0.05) is 70.8 Å². The van der Waals surface area contributed by atoms with Gasteiger partial charge in [0.05, 0.1) is 45.4 Å². The number of likely N-dealkylation sites (N-methyl/N-ethyl adjacent to an activating group) is 3. The Kier molecular flexibility index (Phi) is 10.2. The topological polar surface area (TPSA) is 113 Å². The van der Waals surface area contributed by atoms with Crippen LogP contribution in [0, 0.1) is 11.3 Å². The zero-order valence-electron chi connectivity index (χ0n) is 24.6.